The fraction of sp³-hybridized carbons (Fsp3) is 0.824. The van der Waals surface area contributed by atoms with Crippen molar-refractivity contribution in [3.63, 3.8) is 0 Å². The van der Waals surface area contributed by atoms with Crippen LogP contribution in [-0.2, 0) is 4.79 Å². The van der Waals surface area contributed by atoms with Crippen molar-refractivity contribution in [2.24, 2.45) is 17.8 Å². The minimum Gasteiger partial charge on any atom is -0.353 e. The Balaban J connectivity index is 1.23. The van der Waals surface area contributed by atoms with Gasteiger partial charge in [0.15, 0.2) is 4.34 Å². The van der Waals surface area contributed by atoms with Crippen LogP contribution in [0.15, 0.2) is 4.34 Å². The second-order valence-corrected chi connectivity index (χ2v) is 9.71. The average Bonchev–Trinajstić information content (AvgIpc) is 3.37. The van der Waals surface area contributed by atoms with Gasteiger partial charge in [-0.1, -0.05) is 29.5 Å². The zero-order valence-electron chi connectivity index (χ0n) is 14.2. The highest BCUT2D eigenvalue weighted by molar-refractivity contribution is 8.01. The van der Waals surface area contributed by atoms with E-state index in [0.717, 1.165) is 34.4 Å². The van der Waals surface area contributed by atoms with E-state index in [1.165, 1.54) is 50.3 Å². The van der Waals surface area contributed by atoms with E-state index in [4.69, 9.17) is 0 Å². The van der Waals surface area contributed by atoms with Crippen molar-refractivity contribution in [3.05, 3.63) is 0 Å². The third kappa shape index (κ3) is 3.57. The zero-order valence-corrected chi connectivity index (χ0v) is 15.9. The molecular formula is C17H26N4OS2. The van der Waals surface area contributed by atoms with Crippen LogP contribution in [0.25, 0.3) is 0 Å². The molecule has 4 rings (SSSR count). The molecule has 1 aliphatic heterocycles. The second kappa shape index (κ2) is 7.20. The number of nitrogens with one attached hydrogen (secondary N) is 1. The molecule has 2 bridgehead atoms. The summed E-state index contributed by atoms with van der Waals surface area (Å²) in [6, 6.07) is 0.308. The molecule has 0 spiro atoms. The number of rotatable bonds is 6. The number of carbonyl (C=O) groups is 1. The molecule has 4 unspecified atom stereocenters. The normalized spacial score (nSPS) is 30.0. The van der Waals surface area contributed by atoms with Crippen molar-refractivity contribution < 1.29 is 4.79 Å². The molecule has 1 saturated heterocycles. The summed E-state index contributed by atoms with van der Waals surface area (Å²) >= 11 is 3.13. The lowest BCUT2D eigenvalue weighted by Crippen LogP contribution is -2.40. The lowest BCUT2D eigenvalue weighted by molar-refractivity contribution is -0.119. The van der Waals surface area contributed by atoms with Crippen LogP contribution in [0.4, 0.5) is 5.13 Å². The number of amides is 1. The number of thioether (sulfide) groups is 1. The molecule has 1 aromatic heterocycles. The van der Waals surface area contributed by atoms with Gasteiger partial charge in [-0.25, -0.2) is 0 Å². The minimum atomic E-state index is 0.133. The fourth-order valence-corrected chi connectivity index (χ4v) is 6.44. The lowest BCUT2D eigenvalue weighted by Gasteiger charge is -2.28. The third-order valence-electron chi connectivity index (χ3n) is 5.92. The van der Waals surface area contributed by atoms with E-state index in [1.807, 2.05) is 0 Å². The predicted octanol–water partition coefficient (Wildman–Crippen LogP) is 3.17. The third-order valence-corrected chi connectivity index (χ3v) is 8.04. The standard InChI is InChI=1S/C17H26N4OS2/c1-11(14-9-12-4-5-13(14)8-12)18-15(22)10-23-17-20-19-16(24-17)21-6-2-3-7-21/h11-14H,2-10H2,1H3,(H,18,22). The molecule has 24 heavy (non-hydrogen) atoms. The monoisotopic (exact) mass is 366 g/mol. The van der Waals surface area contributed by atoms with Gasteiger partial charge >= 0.3 is 0 Å². The number of aromatic nitrogens is 2. The highest BCUT2D eigenvalue weighted by Crippen LogP contribution is 2.49. The maximum absolute atomic E-state index is 12.3. The molecule has 2 aliphatic carbocycles. The van der Waals surface area contributed by atoms with Gasteiger partial charge in [0.1, 0.15) is 0 Å². The largest absolute Gasteiger partial charge is 0.353 e. The first-order valence-corrected chi connectivity index (χ1v) is 11.0. The molecule has 1 amide bonds. The Kier molecular flexibility index (Phi) is 4.99. The van der Waals surface area contributed by atoms with Crippen LogP contribution in [0.3, 0.4) is 0 Å². The van der Waals surface area contributed by atoms with Gasteiger partial charge in [0.2, 0.25) is 11.0 Å². The van der Waals surface area contributed by atoms with E-state index in [9.17, 15) is 4.79 Å². The van der Waals surface area contributed by atoms with Gasteiger partial charge in [-0.3, -0.25) is 4.79 Å². The summed E-state index contributed by atoms with van der Waals surface area (Å²) < 4.78 is 0.902. The SMILES string of the molecule is CC(NC(=O)CSc1nnc(N2CCCC2)s1)C1CC2CCC1C2. The van der Waals surface area contributed by atoms with Gasteiger partial charge in [-0.2, -0.15) is 0 Å². The molecule has 7 heteroatoms. The molecule has 2 saturated carbocycles. The first-order valence-electron chi connectivity index (χ1n) is 9.19. The van der Waals surface area contributed by atoms with Crippen LogP contribution >= 0.6 is 23.1 Å². The number of anilines is 1. The second-order valence-electron chi connectivity index (χ2n) is 7.53. The summed E-state index contributed by atoms with van der Waals surface area (Å²) in [5, 5.41) is 12.7. The smallest absolute Gasteiger partial charge is 0.230 e. The van der Waals surface area contributed by atoms with Crippen molar-refractivity contribution >= 4 is 34.1 Å². The van der Waals surface area contributed by atoms with Crippen molar-refractivity contribution in [3.8, 4) is 0 Å². The Labute approximate surface area is 152 Å². The molecule has 3 fully saturated rings. The van der Waals surface area contributed by atoms with Crippen LogP contribution in [0.2, 0.25) is 0 Å². The van der Waals surface area contributed by atoms with E-state index in [-0.39, 0.29) is 5.91 Å². The lowest BCUT2D eigenvalue weighted by atomic mass is 9.84. The van der Waals surface area contributed by atoms with Crippen LogP contribution in [-0.4, -0.2) is 41.0 Å². The number of hydrogen-bond donors (Lipinski definition) is 1. The molecule has 1 aromatic rings. The molecule has 5 nitrogen and oxygen atoms in total. The van der Waals surface area contributed by atoms with Crippen molar-refractivity contribution in [1.29, 1.82) is 0 Å². The molecule has 1 N–H and O–H groups in total. The number of hydrogen-bond acceptors (Lipinski definition) is 6. The van der Waals surface area contributed by atoms with Gasteiger partial charge in [-0.05, 0) is 56.8 Å². The van der Waals surface area contributed by atoms with Gasteiger partial charge < -0.3 is 10.2 Å². The summed E-state index contributed by atoms with van der Waals surface area (Å²) in [6.07, 6.45) is 7.97. The summed E-state index contributed by atoms with van der Waals surface area (Å²) in [7, 11) is 0. The number of fused-ring (bicyclic) bond motifs is 2. The molecule has 0 radical (unpaired) electrons. The van der Waals surface area contributed by atoms with Crippen LogP contribution in [0.1, 0.15) is 45.4 Å². The zero-order chi connectivity index (χ0) is 16.5. The van der Waals surface area contributed by atoms with Gasteiger partial charge in [0.05, 0.1) is 5.75 Å². The van der Waals surface area contributed by atoms with E-state index in [0.29, 0.717) is 17.7 Å². The van der Waals surface area contributed by atoms with Crippen molar-refractivity contribution in [2.75, 3.05) is 23.7 Å². The summed E-state index contributed by atoms with van der Waals surface area (Å²) in [5.41, 5.74) is 0. The quantitative estimate of drug-likeness (QED) is 0.784. The molecule has 132 valence electrons. The van der Waals surface area contributed by atoms with Crippen LogP contribution in [0, 0.1) is 17.8 Å². The Hall–Kier alpha value is -0.820. The average molecular weight is 367 g/mol. The highest BCUT2D eigenvalue weighted by Gasteiger charge is 2.42. The van der Waals surface area contributed by atoms with Crippen molar-refractivity contribution in [1.82, 2.24) is 15.5 Å². The fourth-order valence-electron chi connectivity index (χ4n) is 4.73. The summed E-state index contributed by atoms with van der Waals surface area (Å²) in [4.78, 5) is 14.6. The summed E-state index contributed by atoms with van der Waals surface area (Å²) in [5.74, 6) is 3.05. The highest BCUT2D eigenvalue weighted by atomic mass is 32.2. The number of carbonyl (C=O) groups excluding carboxylic acids is 1. The summed E-state index contributed by atoms with van der Waals surface area (Å²) in [6.45, 7) is 4.35. The van der Waals surface area contributed by atoms with Crippen LogP contribution < -0.4 is 10.2 Å². The first kappa shape index (κ1) is 16.6. The Morgan fingerprint density at radius 3 is 2.88 bits per heavy atom. The van der Waals surface area contributed by atoms with E-state index in [2.05, 4.69) is 27.3 Å². The van der Waals surface area contributed by atoms with E-state index in [1.54, 1.807) is 11.3 Å². The Morgan fingerprint density at radius 2 is 2.17 bits per heavy atom. The maximum atomic E-state index is 12.3. The Morgan fingerprint density at radius 1 is 1.33 bits per heavy atom. The van der Waals surface area contributed by atoms with E-state index >= 15 is 0 Å². The molecule has 0 aromatic carbocycles. The minimum absolute atomic E-state index is 0.133. The van der Waals surface area contributed by atoms with Crippen LogP contribution in [0.5, 0.6) is 0 Å². The maximum Gasteiger partial charge on any atom is 0.230 e. The van der Waals surface area contributed by atoms with Crippen molar-refractivity contribution in [2.45, 2.75) is 55.8 Å². The number of nitrogens with zero attached hydrogens (tertiary/aromatic N) is 3. The van der Waals surface area contributed by atoms with Gasteiger partial charge in [0, 0.05) is 19.1 Å². The molecule has 3 aliphatic rings. The Bertz CT molecular complexity index is 587. The molecule has 4 atom stereocenters. The van der Waals surface area contributed by atoms with E-state index < -0.39 is 0 Å². The molecule has 2 heterocycles. The first-order chi connectivity index (χ1) is 11.7. The topological polar surface area (TPSA) is 58.1 Å². The molecular weight excluding hydrogens is 340 g/mol. The van der Waals surface area contributed by atoms with Gasteiger partial charge in [-0.15, -0.1) is 10.2 Å². The van der Waals surface area contributed by atoms with Gasteiger partial charge in [0.25, 0.3) is 0 Å². The predicted molar refractivity (Wildman–Crippen MR) is 98.6 cm³/mol.